The predicted octanol–water partition coefficient (Wildman–Crippen LogP) is 4.67. The van der Waals surface area contributed by atoms with Gasteiger partial charge in [0.15, 0.2) is 5.76 Å². The molecule has 1 aromatic carbocycles. The number of aryl methyl sites for hydroxylation is 2. The fourth-order valence-electron chi connectivity index (χ4n) is 5.04. The van der Waals surface area contributed by atoms with Gasteiger partial charge in [0.1, 0.15) is 23.7 Å². The van der Waals surface area contributed by atoms with Gasteiger partial charge in [-0.3, -0.25) is 9.59 Å². The number of amides is 1. The number of hydrogen-bond acceptors (Lipinski definition) is 6. The van der Waals surface area contributed by atoms with Crippen LogP contribution in [-0.4, -0.2) is 68.8 Å². The van der Waals surface area contributed by atoms with Crippen molar-refractivity contribution < 1.29 is 19.4 Å². The number of Topliss-reactive ketones (excluding diaryl/α,β-unsaturated/α-hetero) is 1. The molecule has 1 aliphatic heterocycles. The van der Waals surface area contributed by atoms with E-state index >= 15 is 0 Å². The number of carbonyl (C=O) groups is 2. The molecular formula is C30H36N4O4. The minimum absolute atomic E-state index is 0.0572. The normalized spacial score (nSPS) is 17.1. The molecule has 1 unspecified atom stereocenters. The van der Waals surface area contributed by atoms with Gasteiger partial charge < -0.3 is 24.0 Å². The summed E-state index contributed by atoms with van der Waals surface area (Å²) in [5, 5.41) is 11.6. The van der Waals surface area contributed by atoms with Gasteiger partial charge in [-0.25, -0.2) is 4.98 Å². The van der Waals surface area contributed by atoms with E-state index in [0.717, 1.165) is 30.8 Å². The second-order valence-electron chi connectivity index (χ2n) is 9.47. The van der Waals surface area contributed by atoms with E-state index in [1.54, 1.807) is 23.1 Å². The van der Waals surface area contributed by atoms with Crippen LogP contribution in [0.15, 0.2) is 60.8 Å². The quantitative estimate of drug-likeness (QED) is 0.173. The molecule has 2 aromatic heterocycles. The van der Waals surface area contributed by atoms with Crippen molar-refractivity contribution in [2.45, 2.75) is 40.2 Å². The standard InChI is InChI=1S/C30H36N4O4/c1-6-19-38-23-14-12-22(13-15-23)26-24(28(36)30(37)34(26)18-10-16-32(7-2)8-3)27(35)25-21(5)33-17-9-11-20(4)29(33)31-25/h6,9,11-15,17,26,35H,1,7-8,10,16,18-19H2,2-5H3/b27-24+. The first-order chi connectivity index (χ1) is 18.3. The van der Waals surface area contributed by atoms with E-state index < -0.39 is 17.7 Å². The zero-order chi connectivity index (χ0) is 27.4. The van der Waals surface area contributed by atoms with E-state index in [-0.39, 0.29) is 11.3 Å². The van der Waals surface area contributed by atoms with Gasteiger partial charge in [0.25, 0.3) is 11.7 Å². The van der Waals surface area contributed by atoms with Gasteiger partial charge in [0, 0.05) is 12.7 Å². The average molecular weight is 517 g/mol. The number of aromatic nitrogens is 2. The number of fused-ring (bicyclic) bond motifs is 1. The molecule has 4 rings (SSSR count). The maximum absolute atomic E-state index is 13.4. The molecule has 0 spiro atoms. The van der Waals surface area contributed by atoms with Gasteiger partial charge in [-0.2, -0.15) is 0 Å². The molecule has 1 fully saturated rings. The van der Waals surface area contributed by atoms with Crippen LogP contribution in [0.4, 0.5) is 0 Å². The summed E-state index contributed by atoms with van der Waals surface area (Å²) >= 11 is 0. The molecule has 3 heterocycles. The number of aliphatic hydroxyl groups excluding tert-OH is 1. The third kappa shape index (κ3) is 5.09. The Morgan fingerprint density at radius 1 is 1.16 bits per heavy atom. The van der Waals surface area contributed by atoms with Crippen LogP contribution >= 0.6 is 0 Å². The van der Waals surface area contributed by atoms with E-state index in [2.05, 4.69) is 30.3 Å². The largest absolute Gasteiger partial charge is 0.505 e. The third-order valence-electron chi connectivity index (χ3n) is 7.18. The molecule has 1 N–H and O–H groups in total. The zero-order valence-electron chi connectivity index (χ0n) is 22.6. The number of ether oxygens (including phenoxy) is 1. The monoisotopic (exact) mass is 516 g/mol. The highest BCUT2D eigenvalue weighted by atomic mass is 16.5. The van der Waals surface area contributed by atoms with Gasteiger partial charge in [-0.1, -0.05) is 44.7 Å². The summed E-state index contributed by atoms with van der Waals surface area (Å²) in [5.41, 5.74) is 3.41. The second kappa shape index (κ2) is 11.6. The van der Waals surface area contributed by atoms with Crippen molar-refractivity contribution in [1.82, 2.24) is 19.2 Å². The van der Waals surface area contributed by atoms with Crippen molar-refractivity contribution in [3.05, 3.63) is 83.3 Å². The number of ketones is 1. The van der Waals surface area contributed by atoms with E-state index in [1.165, 1.54) is 0 Å². The summed E-state index contributed by atoms with van der Waals surface area (Å²) < 4.78 is 7.50. The predicted molar refractivity (Wildman–Crippen MR) is 148 cm³/mol. The molecule has 38 heavy (non-hydrogen) atoms. The number of likely N-dealkylation sites (tertiary alicyclic amines) is 1. The van der Waals surface area contributed by atoms with Crippen LogP contribution in [0.2, 0.25) is 0 Å². The summed E-state index contributed by atoms with van der Waals surface area (Å²) in [6.45, 7) is 15.1. The van der Waals surface area contributed by atoms with Crippen molar-refractivity contribution >= 4 is 23.1 Å². The van der Waals surface area contributed by atoms with Crippen LogP contribution < -0.4 is 4.74 Å². The lowest BCUT2D eigenvalue weighted by Gasteiger charge is -2.26. The van der Waals surface area contributed by atoms with E-state index in [9.17, 15) is 14.7 Å². The number of nitrogens with zero attached hydrogens (tertiary/aromatic N) is 4. The molecule has 3 aromatic rings. The van der Waals surface area contributed by atoms with E-state index in [4.69, 9.17) is 4.74 Å². The Hall–Kier alpha value is -3.91. The number of imidazole rings is 1. The average Bonchev–Trinajstić information content (AvgIpc) is 3.40. The highest BCUT2D eigenvalue weighted by Gasteiger charge is 2.46. The van der Waals surface area contributed by atoms with E-state index in [0.29, 0.717) is 42.4 Å². The molecule has 1 aliphatic rings. The lowest BCUT2D eigenvalue weighted by molar-refractivity contribution is -0.140. The topological polar surface area (TPSA) is 87.4 Å². The summed E-state index contributed by atoms with van der Waals surface area (Å²) in [5.74, 6) is -0.915. The summed E-state index contributed by atoms with van der Waals surface area (Å²) in [4.78, 5) is 35.3. The first-order valence-corrected chi connectivity index (χ1v) is 13.1. The Kier molecular flexibility index (Phi) is 8.32. The van der Waals surface area contributed by atoms with Gasteiger partial charge in [0.05, 0.1) is 17.3 Å². The van der Waals surface area contributed by atoms with Crippen molar-refractivity contribution in [3.8, 4) is 5.75 Å². The first kappa shape index (κ1) is 27.1. The number of aliphatic hydroxyl groups is 1. The molecule has 0 aliphatic carbocycles. The van der Waals surface area contributed by atoms with Crippen molar-refractivity contribution in [2.75, 3.05) is 32.8 Å². The highest BCUT2D eigenvalue weighted by molar-refractivity contribution is 6.46. The third-order valence-corrected chi connectivity index (χ3v) is 7.18. The van der Waals surface area contributed by atoms with Crippen molar-refractivity contribution in [3.63, 3.8) is 0 Å². The van der Waals surface area contributed by atoms with Crippen LogP contribution in [0.5, 0.6) is 5.75 Å². The Morgan fingerprint density at radius 3 is 2.50 bits per heavy atom. The molecule has 200 valence electrons. The number of hydrogen-bond donors (Lipinski definition) is 1. The lowest BCUT2D eigenvalue weighted by atomic mass is 9.96. The number of carbonyl (C=O) groups excluding carboxylic acids is 2. The van der Waals surface area contributed by atoms with Crippen LogP contribution in [0.25, 0.3) is 11.4 Å². The molecule has 0 saturated carbocycles. The lowest BCUT2D eigenvalue weighted by Crippen LogP contribution is -2.33. The molecule has 1 saturated heterocycles. The van der Waals surface area contributed by atoms with Crippen LogP contribution in [0, 0.1) is 13.8 Å². The zero-order valence-corrected chi connectivity index (χ0v) is 22.6. The van der Waals surface area contributed by atoms with Crippen molar-refractivity contribution in [2.24, 2.45) is 0 Å². The highest BCUT2D eigenvalue weighted by Crippen LogP contribution is 2.40. The van der Waals surface area contributed by atoms with Crippen LogP contribution in [0.3, 0.4) is 0 Å². The van der Waals surface area contributed by atoms with Gasteiger partial charge in [0.2, 0.25) is 0 Å². The second-order valence-corrected chi connectivity index (χ2v) is 9.47. The Balaban J connectivity index is 1.79. The van der Waals surface area contributed by atoms with Crippen LogP contribution in [0.1, 0.15) is 48.8 Å². The maximum atomic E-state index is 13.4. The smallest absolute Gasteiger partial charge is 0.295 e. The fourth-order valence-corrected chi connectivity index (χ4v) is 5.04. The Labute approximate surface area is 223 Å². The molecule has 0 radical (unpaired) electrons. The number of benzene rings is 1. The summed E-state index contributed by atoms with van der Waals surface area (Å²) in [6, 6.07) is 10.4. The Morgan fingerprint density at radius 2 is 1.87 bits per heavy atom. The number of pyridine rings is 1. The molecule has 1 amide bonds. The van der Waals surface area contributed by atoms with Gasteiger partial charge >= 0.3 is 0 Å². The minimum atomic E-state index is -0.731. The molecule has 8 nitrogen and oxygen atoms in total. The summed E-state index contributed by atoms with van der Waals surface area (Å²) in [7, 11) is 0. The number of rotatable bonds is 11. The summed E-state index contributed by atoms with van der Waals surface area (Å²) in [6.07, 6.45) is 4.24. The first-order valence-electron chi connectivity index (χ1n) is 13.1. The van der Waals surface area contributed by atoms with Gasteiger partial charge in [-0.05, 0) is 69.2 Å². The molecule has 1 atom stereocenters. The molecule has 8 heteroatoms. The minimum Gasteiger partial charge on any atom is -0.505 e. The maximum Gasteiger partial charge on any atom is 0.295 e. The SMILES string of the molecule is C=CCOc1ccc(C2/C(=C(\O)c3nc4c(C)cccn4c3C)C(=O)C(=O)N2CCCN(CC)CC)cc1. The molecule has 0 bridgehead atoms. The molecular weight excluding hydrogens is 480 g/mol. The van der Waals surface area contributed by atoms with E-state index in [1.807, 2.05) is 48.7 Å². The Bertz CT molecular complexity index is 1370. The van der Waals surface area contributed by atoms with Crippen LogP contribution in [-0.2, 0) is 9.59 Å². The fraction of sp³-hybridized carbons (Fsp3) is 0.367. The van der Waals surface area contributed by atoms with Crippen molar-refractivity contribution in [1.29, 1.82) is 0 Å². The van der Waals surface area contributed by atoms with Gasteiger partial charge in [-0.15, -0.1) is 0 Å².